The van der Waals surface area contributed by atoms with Gasteiger partial charge in [0, 0.05) is 49.5 Å². The Kier molecular flexibility index (Phi) is 4.90. The maximum Gasteiger partial charge on any atom is 0.221 e. The van der Waals surface area contributed by atoms with E-state index in [1.165, 1.54) is 6.92 Å². The number of carbonyl (C=O) groups is 2. The molecule has 28 heavy (non-hydrogen) atoms. The number of carbonyl (C=O) groups excluding carboxylic acids is 2. The summed E-state index contributed by atoms with van der Waals surface area (Å²) in [6.07, 6.45) is 1.77. The minimum atomic E-state index is -0.0916. The molecule has 0 unspecified atom stereocenters. The maximum absolute atomic E-state index is 11.7. The number of furan rings is 1. The third-order valence-corrected chi connectivity index (χ3v) is 5.41. The van der Waals surface area contributed by atoms with Crippen molar-refractivity contribution in [3.8, 4) is 11.1 Å². The number of nitrogens with zero attached hydrogens (tertiary/aromatic N) is 1. The quantitative estimate of drug-likeness (QED) is 0.715. The standard InChI is InChI=1S/C23H24N2O3/c1-15(26)24-19-7-5-6-18(14-19)22-20-8-3-4-9-21(20)28-23(22)17-10-12-25(13-11-17)16(2)27/h3-9,14,17H,10-13H2,1-2H3,(H,24,26). The highest BCUT2D eigenvalue weighted by Crippen LogP contribution is 2.42. The zero-order chi connectivity index (χ0) is 19.7. The van der Waals surface area contributed by atoms with Crippen LogP contribution in [0.1, 0.15) is 38.4 Å². The molecule has 1 aliphatic rings. The Balaban J connectivity index is 1.77. The Morgan fingerprint density at radius 2 is 1.79 bits per heavy atom. The van der Waals surface area contributed by atoms with Gasteiger partial charge in [-0.3, -0.25) is 9.59 Å². The van der Waals surface area contributed by atoms with Gasteiger partial charge in [-0.2, -0.15) is 0 Å². The van der Waals surface area contributed by atoms with E-state index in [1.54, 1.807) is 6.92 Å². The number of piperidine rings is 1. The fraction of sp³-hybridized carbons (Fsp3) is 0.304. The van der Waals surface area contributed by atoms with Crippen molar-refractivity contribution < 1.29 is 14.0 Å². The lowest BCUT2D eigenvalue weighted by Crippen LogP contribution is -2.36. The van der Waals surface area contributed by atoms with Crippen LogP contribution >= 0.6 is 0 Å². The van der Waals surface area contributed by atoms with Crippen molar-refractivity contribution in [3.05, 3.63) is 54.3 Å². The van der Waals surface area contributed by atoms with Gasteiger partial charge in [-0.05, 0) is 36.6 Å². The SMILES string of the molecule is CC(=O)Nc1cccc(-c2c(C3CCN(C(C)=O)CC3)oc3ccccc23)c1. The van der Waals surface area contributed by atoms with Gasteiger partial charge in [0.2, 0.25) is 11.8 Å². The lowest BCUT2D eigenvalue weighted by molar-refractivity contribution is -0.129. The predicted molar refractivity (Wildman–Crippen MR) is 110 cm³/mol. The van der Waals surface area contributed by atoms with E-state index in [4.69, 9.17) is 4.42 Å². The third kappa shape index (κ3) is 3.52. The van der Waals surface area contributed by atoms with Crippen molar-refractivity contribution in [2.24, 2.45) is 0 Å². The van der Waals surface area contributed by atoms with Gasteiger partial charge >= 0.3 is 0 Å². The van der Waals surface area contributed by atoms with E-state index >= 15 is 0 Å². The molecular weight excluding hydrogens is 352 g/mol. The molecule has 0 bridgehead atoms. The van der Waals surface area contributed by atoms with Crippen LogP contribution in [0, 0.1) is 0 Å². The molecule has 3 aromatic rings. The molecule has 5 heteroatoms. The van der Waals surface area contributed by atoms with Crippen LogP contribution in [0.5, 0.6) is 0 Å². The molecule has 1 N–H and O–H groups in total. The Hall–Kier alpha value is -3.08. The Morgan fingerprint density at radius 1 is 1.04 bits per heavy atom. The summed E-state index contributed by atoms with van der Waals surface area (Å²) in [6, 6.07) is 15.9. The topological polar surface area (TPSA) is 62.6 Å². The van der Waals surface area contributed by atoms with Crippen LogP contribution in [0.25, 0.3) is 22.1 Å². The molecule has 2 amide bonds. The van der Waals surface area contributed by atoms with E-state index < -0.39 is 0 Å². The normalized spacial score (nSPS) is 15.0. The van der Waals surface area contributed by atoms with Crippen LogP contribution < -0.4 is 5.32 Å². The Morgan fingerprint density at radius 3 is 2.50 bits per heavy atom. The number of para-hydroxylation sites is 1. The van der Waals surface area contributed by atoms with Gasteiger partial charge in [0.15, 0.2) is 0 Å². The number of anilines is 1. The van der Waals surface area contributed by atoms with Crippen LogP contribution in [0.3, 0.4) is 0 Å². The van der Waals surface area contributed by atoms with Crippen LogP contribution in [-0.4, -0.2) is 29.8 Å². The second-order valence-corrected chi connectivity index (χ2v) is 7.38. The molecule has 0 spiro atoms. The molecule has 2 heterocycles. The molecule has 1 aromatic heterocycles. The summed E-state index contributed by atoms with van der Waals surface area (Å²) >= 11 is 0. The molecule has 0 atom stereocenters. The molecule has 4 rings (SSSR count). The first-order chi connectivity index (χ1) is 13.5. The third-order valence-electron chi connectivity index (χ3n) is 5.41. The predicted octanol–water partition coefficient (Wildman–Crippen LogP) is 4.78. The zero-order valence-corrected chi connectivity index (χ0v) is 16.2. The lowest BCUT2D eigenvalue weighted by atomic mass is 9.89. The highest BCUT2D eigenvalue weighted by Gasteiger charge is 2.28. The van der Waals surface area contributed by atoms with Gasteiger partial charge in [-0.15, -0.1) is 0 Å². The highest BCUT2D eigenvalue weighted by molar-refractivity contribution is 5.97. The molecule has 2 aromatic carbocycles. The number of amides is 2. The molecule has 144 valence electrons. The van der Waals surface area contributed by atoms with Crippen molar-refractivity contribution in [1.29, 1.82) is 0 Å². The summed E-state index contributed by atoms with van der Waals surface area (Å²) in [5.41, 5.74) is 3.75. The number of benzene rings is 2. The minimum absolute atomic E-state index is 0.0916. The molecule has 0 saturated carbocycles. The monoisotopic (exact) mass is 376 g/mol. The second-order valence-electron chi connectivity index (χ2n) is 7.38. The summed E-state index contributed by atoms with van der Waals surface area (Å²) in [5.74, 6) is 1.28. The van der Waals surface area contributed by atoms with Crippen molar-refractivity contribution in [1.82, 2.24) is 4.90 Å². The average Bonchev–Trinajstić information content (AvgIpc) is 3.07. The molecule has 0 radical (unpaired) electrons. The van der Waals surface area contributed by atoms with Gasteiger partial charge in [-0.25, -0.2) is 0 Å². The van der Waals surface area contributed by atoms with Crippen molar-refractivity contribution >= 4 is 28.5 Å². The summed E-state index contributed by atoms with van der Waals surface area (Å²) in [6.45, 7) is 4.64. The number of hydrogen-bond acceptors (Lipinski definition) is 3. The highest BCUT2D eigenvalue weighted by atomic mass is 16.3. The van der Waals surface area contributed by atoms with Crippen LogP contribution in [0.2, 0.25) is 0 Å². The van der Waals surface area contributed by atoms with E-state index in [0.717, 1.165) is 59.5 Å². The summed E-state index contributed by atoms with van der Waals surface area (Å²) in [7, 11) is 0. The van der Waals surface area contributed by atoms with Gasteiger partial charge in [0.25, 0.3) is 0 Å². The van der Waals surface area contributed by atoms with E-state index in [9.17, 15) is 9.59 Å². The molecule has 5 nitrogen and oxygen atoms in total. The minimum Gasteiger partial charge on any atom is -0.460 e. The van der Waals surface area contributed by atoms with Gasteiger partial charge in [-0.1, -0.05) is 30.3 Å². The Bertz CT molecular complexity index is 1030. The molecule has 1 fully saturated rings. The maximum atomic E-state index is 11.7. The van der Waals surface area contributed by atoms with E-state index in [0.29, 0.717) is 0 Å². The average molecular weight is 376 g/mol. The lowest BCUT2D eigenvalue weighted by Gasteiger charge is -2.30. The first-order valence-corrected chi connectivity index (χ1v) is 9.68. The molecular formula is C23H24N2O3. The number of hydrogen-bond donors (Lipinski definition) is 1. The van der Waals surface area contributed by atoms with Crippen molar-refractivity contribution in [2.45, 2.75) is 32.6 Å². The fourth-order valence-electron chi connectivity index (χ4n) is 4.06. The Labute approximate surface area is 164 Å². The summed E-state index contributed by atoms with van der Waals surface area (Å²) in [4.78, 5) is 25.0. The van der Waals surface area contributed by atoms with Gasteiger partial charge in [0.1, 0.15) is 11.3 Å². The number of nitrogens with one attached hydrogen (secondary N) is 1. The smallest absolute Gasteiger partial charge is 0.221 e. The zero-order valence-electron chi connectivity index (χ0n) is 16.2. The number of fused-ring (bicyclic) bond motifs is 1. The van der Waals surface area contributed by atoms with Crippen LogP contribution in [0.15, 0.2) is 52.9 Å². The van der Waals surface area contributed by atoms with Crippen molar-refractivity contribution in [2.75, 3.05) is 18.4 Å². The summed E-state index contributed by atoms with van der Waals surface area (Å²) < 4.78 is 6.32. The first-order valence-electron chi connectivity index (χ1n) is 9.68. The molecule has 0 aliphatic carbocycles. The number of rotatable bonds is 3. The largest absolute Gasteiger partial charge is 0.460 e. The van der Waals surface area contributed by atoms with Crippen LogP contribution in [-0.2, 0) is 9.59 Å². The van der Waals surface area contributed by atoms with Gasteiger partial charge < -0.3 is 14.6 Å². The van der Waals surface area contributed by atoms with Gasteiger partial charge in [0.05, 0.1) is 0 Å². The second kappa shape index (κ2) is 7.50. The van der Waals surface area contributed by atoms with E-state index in [-0.39, 0.29) is 17.7 Å². The molecule has 1 saturated heterocycles. The fourth-order valence-corrected chi connectivity index (χ4v) is 4.06. The first kappa shape index (κ1) is 18.3. The van der Waals surface area contributed by atoms with E-state index in [1.807, 2.05) is 41.3 Å². The van der Waals surface area contributed by atoms with Crippen LogP contribution in [0.4, 0.5) is 5.69 Å². The summed E-state index contributed by atoms with van der Waals surface area (Å²) in [5, 5.41) is 3.93. The number of likely N-dealkylation sites (tertiary alicyclic amines) is 1. The molecule has 1 aliphatic heterocycles. The van der Waals surface area contributed by atoms with Crippen molar-refractivity contribution in [3.63, 3.8) is 0 Å². The van der Waals surface area contributed by atoms with E-state index in [2.05, 4.69) is 17.4 Å².